The molecule has 1 N–H and O–H groups in total. The molecule has 1 aromatic carbocycles. The molecule has 0 radical (unpaired) electrons. The second kappa shape index (κ2) is 4.84. The first-order valence-corrected chi connectivity index (χ1v) is 6.54. The van der Waals surface area contributed by atoms with E-state index in [2.05, 4.69) is 9.88 Å². The molecule has 1 saturated heterocycles. The van der Waals surface area contributed by atoms with Gasteiger partial charge in [-0.15, -0.1) is 0 Å². The van der Waals surface area contributed by atoms with Crippen LogP contribution in [0.4, 0.5) is 0 Å². The van der Waals surface area contributed by atoms with E-state index in [0.717, 1.165) is 42.0 Å². The molecule has 94 valence electrons. The number of pyridine rings is 1. The number of β-amino-alcohol motifs (C(OH)–C–C–N with tert-alkyl or cyclic N) is 1. The van der Waals surface area contributed by atoms with Crippen LogP contribution in [0.5, 0.6) is 0 Å². The predicted octanol–water partition coefficient (Wildman–Crippen LogP) is 2.45. The van der Waals surface area contributed by atoms with Crippen molar-refractivity contribution in [3.8, 4) is 0 Å². The maximum atomic E-state index is 9.56. The monoisotopic (exact) mass is 262 g/mol. The van der Waals surface area contributed by atoms with Gasteiger partial charge in [-0.05, 0) is 30.2 Å². The number of hydrogen-bond acceptors (Lipinski definition) is 3. The number of hydrogen-bond donors (Lipinski definition) is 1. The van der Waals surface area contributed by atoms with Gasteiger partial charge in [0.25, 0.3) is 0 Å². The van der Waals surface area contributed by atoms with Gasteiger partial charge in [0.05, 0.1) is 11.6 Å². The number of aromatic nitrogens is 1. The lowest BCUT2D eigenvalue weighted by Gasteiger charge is -2.16. The number of rotatable bonds is 2. The average molecular weight is 263 g/mol. The fourth-order valence-electron chi connectivity index (χ4n) is 2.52. The first-order chi connectivity index (χ1) is 8.74. The third-order valence-electron chi connectivity index (χ3n) is 3.44. The minimum atomic E-state index is -0.184. The summed E-state index contributed by atoms with van der Waals surface area (Å²) in [6, 6.07) is 7.85. The van der Waals surface area contributed by atoms with Gasteiger partial charge in [-0.1, -0.05) is 17.7 Å². The van der Waals surface area contributed by atoms with E-state index in [-0.39, 0.29) is 6.10 Å². The number of aliphatic hydroxyl groups is 1. The Bertz CT molecular complexity index is 573. The molecule has 3 nitrogen and oxygen atoms in total. The molecule has 1 aliphatic heterocycles. The van der Waals surface area contributed by atoms with Gasteiger partial charge < -0.3 is 5.11 Å². The van der Waals surface area contributed by atoms with Crippen LogP contribution < -0.4 is 0 Å². The van der Waals surface area contributed by atoms with E-state index in [4.69, 9.17) is 11.6 Å². The molecule has 18 heavy (non-hydrogen) atoms. The Morgan fingerprint density at radius 3 is 3.06 bits per heavy atom. The standard InChI is InChI=1S/C14H15ClN2O/c15-13-4-3-10(8-17-7-5-11(18)9-17)14-12(13)2-1-6-16-14/h1-4,6,11,18H,5,7-9H2/t11-/m0/s1. The molecule has 1 fully saturated rings. The van der Waals surface area contributed by atoms with Crippen molar-refractivity contribution in [1.82, 2.24) is 9.88 Å². The minimum Gasteiger partial charge on any atom is -0.392 e. The number of likely N-dealkylation sites (tertiary alicyclic amines) is 1. The van der Waals surface area contributed by atoms with Crippen molar-refractivity contribution in [2.45, 2.75) is 19.1 Å². The Morgan fingerprint density at radius 2 is 2.28 bits per heavy atom. The molecule has 0 amide bonds. The summed E-state index contributed by atoms with van der Waals surface area (Å²) in [5.41, 5.74) is 2.13. The lowest BCUT2D eigenvalue weighted by Crippen LogP contribution is -2.21. The molecule has 0 aliphatic carbocycles. The molecular weight excluding hydrogens is 248 g/mol. The maximum Gasteiger partial charge on any atom is 0.0761 e. The Labute approximate surface area is 111 Å². The van der Waals surface area contributed by atoms with Crippen LogP contribution in [0, 0.1) is 0 Å². The van der Waals surface area contributed by atoms with Gasteiger partial charge in [0.1, 0.15) is 0 Å². The molecule has 2 heterocycles. The summed E-state index contributed by atoms with van der Waals surface area (Å²) in [5, 5.41) is 11.3. The van der Waals surface area contributed by atoms with Crippen LogP contribution >= 0.6 is 11.6 Å². The highest BCUT2D eigenvalue weighted by Gasteiger charge is 2.20. The summed E-state index contributed by atoms with van der Waals surface area (Å²) in [4.78, 5) is 6.68. The van der Waals surface area contributed by atoms with Gasteiger partial charge in [0.15, 0.2) is 0 Å². The number of fused-ring (bicyclic) bond motifs is 1. The molecule has 0 spiro atoms. The van der Waals surface area contributed by atoms with Gasteiger partial charge in [0.2, 0.25) is 0 Å². The lowest BCUT2D eigenvalue weighted by molar-refractivity contribution is 0.175. The van der Waals surface area contributed by atoms with E-state index in [9.17, 15) is 5.11 Å². The van der Waals surface area contributed by atoms with Gasteiger partial charge in [-0.3, -0.25) is 9.88 Å². The van der Waals surface area contributed by atoms with Crippen molar-refractivity contribution in [1.29, 1.82) is 0 Å². The summed E-state index contributed by atoms with van der Waals surface area (Å²) < 4.78 is 0. The van der Waals surface area contributed by atoms with Gasteiger partial charge >= 0.3 is 0 Å². The lowest BCUT2D eigenvalue weighted by atomic mass is 10.1. The number of halogens is 1. The van der Waals surface area contributed by atoms with Gasteiger partial charge in [0, 0.05) is 36.2 Å². The molecule has 1 aromatic heterocycles. The molecule has 3 rings (SSSR count). The average Bonchev–Trinajstić information content (AvgIpc) is 2.79. The summed E-state index contributed by atoms with van der Waals surface area (Å²) in [6.07, 6.45) is 2.47. The van der Waals surface area contributed by atoms with E-state index in [1.165, 1.54) is 5.56 Å². The zero-order valence-corrected chi connectivity index (χ0v) is 10.8. The third-order valence-corrected chi connectivity index (χ3v) is 3.77. The van der Waals surface area contributed by atoms with Crippen LogP contribution in [0.25, 0.3) is 10.9 Å². The molecule has 0 unspecified atom stereocenters. The highest BCUT2D eigenvalue weighted by atomic mass is 35.5. The van der Waals surface area contributed by atoms with Crippen molar-refractivity contribution >= 4 is 22.5 Å². The highest BCUT2D eigenvalue weighted by Crippen LogP contribution is 2.26. The zero-order valence-electron chi connectivity index (χ0n) is 10.0. The third kappa shape index (κ3) is 2.21. The molecule has 2 aromatic rings. The number of nitrogens with zero attached hydrogens (tertiary/aromatic N) is 2. The van der Waals surface area contributed by atoms with E-state index < -0.39 is 0 Å². The smallest absolute Gasteiger partial charge is 0.0761 e. The number of aliphatic hydroxyl groups excluding tert-OH is 1. The van der Waals surface area contributed by atoms with Crippen LogP contribution in [0.3, 0.4) is 0 Å². The Hall–Kier alpha value is -1.16. The van der Waals surface area contributed by atoms with Crippen LogP contribution in [-0.4, -0.2) is 34.2 Å². The number of benzene rings is 1. The van der Waals surface area contributed by atoms with E-state index in [1.807, 2.05) is 24.3 Å². The molecular formula is C14H15ClN2O. The van der Waals surface area contributed by atoms with E-state index >= 15 is 0 Å². The van der Waals surface area contributed by atoms with Gasteiger partial charge in [-0.25, -0.2) is 0 Å². The summed E-state index contributed by atoms with van der Waals surface area (Å²) in [5.74, 6) is 0. The zero-order chi connectivity index (χ0) is 12.5. The van der Waals surface area contributed by atoms with Crippen LogP contribution in [0.15, 0.2) is 30.5 Å². The van der Waals surface area contributed by atoms with E-state index in [0.29, 0.717) is 0 Å². The predicted molar refractivity (Wildman–Crippen MR) is 72.7 cm³/mol. The molecule has 0 bridgehead atoms. The molecule has 0 saturated carbocycles. The fourth-order valence-corrected chi connectivity index (χ4v) is 2.74. The topological polar surface area (TPSA) is 36.4 Å². The minimum absolute atomic E-state index is 0.184. The fraction of sp³-hybridized carbons (Fsp3) is 0.357. The van der Waals surface area contributed by atoms with Crippen molar-refractivity contribution in [2.75, 3.05) is 13.1 Å². The maximum absolute atomic E-state index is 9.56. The van der Waals surface area contributed by atoms with Crippen molar-refractivity contribution < 1.29 is 5.11 Å². The Morgan fingerprint density at radius 1 is 1.39 bits per heavy atom. The van der Waals surface area contributed by atoms with E-state index in [1.54, 1.807) is 6.20 Å². The summed E-state index contributed by atoms with van der Waals surface area (Å²) >= 11 is 6.18. The van der Waals surface area contributed by atoms with Gasteiger partial charge in [-0.2, -0.15) is 0 Å². The first-order valence-electron chi connectivity index (χ1n) is 6.16. The molecule has 4 heteroatoms. The second-order valence-corrected chi connectivity index (χ2v) is 5.19. The SMILES string of the molecule is O[C@H]1CCN(Cc2ccc(Cl)c3cccnc23)C1. The van der Waals surface area contributed by atoms with Crippen molar-refractivity contribution in [3.05, 3.63) is 41.0 Å². The highest BCUT2D eigenvalue weighted by molar-refractivity contribution is 6.35. The van der Waals surface area contributed by atoms with Crippen molar-refractivity contribution in [3.63, 3.8) is 0 Å². The van der Waals surface area contributed by atoms with Crippen molar-refractivity contribution in [2.24, 2.45) is 0 Å². The second-order valence-electron chi connectivity index (χ2n) is 4.78. The Balaban J connectivity index is 1.95. The van der Waals surface area contributed by atoms with Crippen LogP contribution in [-0.2, 0) is 6.54 Å². The quantitative estimate of drug-likeness (QED) is 0.903. The summed E-state index contributed by atoms with van der Waals surface area (Å²) in [7, 11) is 0. The largest absolute Gasteiger partial charge is 0.392 e. The first kappa shape index (κ1) is 11.9. The van der Waals surface area contributed by atoms with Crippen LogP contribution in [0.2, 0.25) is 5.02 Å². The Kier molecular flexibility index (Phi) is 3.20. The summed E-state index contributed by atoms with van der Waals surface area (Å²) in [6.45, 7) is 2.51. The normalized spacial score (nSPS) is 20.7. The molecule has 1 atom stereocenters. The van der Waals surface area contributed by atoms with Crippen LogP contribution in [0.1, 0.15) is 12.0 Å². The molecule has 1 aliphatic rings.